The fourth-order valence-electron chi connectivity index (χ4n) is 0.972. The van der Waals surface area contributed by atoms with Gasteiger partial charge in [0.15, 0.2) is 0 Å². The minimum absolute atomic E-state index is 0.0495. The van der Waals surface area contributed by atoms with Crippen LogP contribution < -0.4 is 4.74 Å². The van der Waals surface area contributed by atoms with Crippen molar-refractivity contribution in [2.45, 2.75) is 6.92 Å². The molecule has 0 spiro atoms. The number of hydrogen-bond donors (Lipinski definition) is 0. The van der Waals surface area contributed by atoms with Gasteiger partial charge in [0.2, 0.25) is 9.05 Å². The first-order chi connectivity index (χ1) is 6.88. The van der Waals surface area contributed by atoms with Crippen molar-refractivity contribution in [1.82, 2.24) is 0 Å². The molecule has 84 valence electrons. The SMILES string of the molecule is Cc1ccc(Br)c(OCCS(=O)(=O)Cl)c1. The van der Waals surface area contributed by atoms with Crippen molar-refractivity contribution in [2.24, 2.45) is 0 Å². The maximum absolute atomic E-state index is 10.6. The van der Waals surface area contributed by atoms with Crippen LogP contribution in [0.25, 0.3) is 0 Å². The van der Waals surface area contributed by atoms with Crippen molar-refractivity contribution < 1.29 is 13.2 Å². The summed E-state index contributed by atoms with van der Waals surface area (Å²) in [4.78, 5) is 0. The van der Waals surface area contributed by atoms with E-state index >= 15 is 0 Å². The molecular formula is C9H10BrClO3S. The lowest BCUT2D eigenvalue weighted by Gasteiger charge is -2.07. The second-order valence-corrected chi connectivity index (χ2v) is 6.78. The Bertz CT molecular complexity index is 445. The minimum atomic E-state index is -3.49. The molecule has 1 aromatic rings. The quantitative estimate of drug-likeness (QED) is 0.803. The third kappa shape index (κ3) is 4.86. The fourth-order valence-corrected chi connectivity index (χ4v) is 1.80. The third-order valence-electron chi connectivity index (χ3n) is 1.67. The molecule has 15 heavy (non-hydrogen) atoms. The maximum Gasteiger partial charge on any atom is 0.235 e. The van der Waals surface area contributed by atoms with E-state index in [1.165, 1.54) is 0 Å². The van der Waals surface area contributed by atoms with Crippen molar-refractivity contribution >= 4 is 35.7 Å². The predicted octanol–water partition coefficient (Wildman–Crippen LogP) is 2.70. The molecule has 0 saturated carbocycles. The highest BCUT2D eigenvalue weighted by molar-refractivity contribution is 9.10. The molecular weight excluding hydrogens is 304 g/mol. The van der Waals surface area contributed by atoms with Crippen LogP contribution in [-0.4, -0.2) is 20.8 Å². The van der Waals surface area contributed by atoms with Crippen molar-refractivity contribution in [3.8, 4) is 5.75 Å². The normalized spacial score (nSPS) is 11.4. The van der Waals surface area contributed by atoms with Gasteiger partial charge in [-0.2, -0.15) is 0 Å². The summed E-state index contributed by atoms with van der Waals surface area (Å²) < 4.78 is 27.4. The van der Waals surface area contributed by atoms with Crippen LogP contribution in [0, 0.1) is 6.92 Å². The molecule has 1 rings (SSSR count). The van der Waals surface area contributed by atoms with Crippen molar-refractivity contribution in [3.05, 3.63) is 28.2 Å². The molecule has 0 amide bonds. The lowest BCUT2D eigenvalue weighted by Crippen LogP contribution is -2.09. The average Bonchev–Trinajstić information content (AvgIpc) is 2.09. The molecule has 0 radical (unpaired) electrons. The smallest absolute Gasteiger partial charge is 0.235 e. The first-order valence-electron chi connectivity index (χ1n) is 4.20. The Morgan fingerprint density at radius 2 is 2.13 bits per heavy atom. The zero-order valence-electron chi connectivity index (χ0n) is 8.04. The molecule has 0 heterocycles. The maximum atomic E-state index is 10.6. The summed E-state index contributed by atoms with van der Waals surface area (Å²) in [6.45, 7) is 1.98. The standard InChI is InChI=1S/C9H10BrClO3S/c1-7-2-3-8(10)9(6-7)14-4-5-15(11,12)13/h2-3,6H,4-5H2,1H3. The van der Waals surface area contributed by atoms with E-state index in [2.05, 4.69) is 15.9 Å². The minimum Gasteiger partial charge on any atom is -0.491 e. The van der Waals surface area contributed by atoms with E-state index in [-0.39, 0.29) is 12.4 Å². The highest BCUT2D eigenvalue weighted by Gasteiger charge is 2.06. The lowest BCUT2D eigenvalue weighted by molar-refractivity contribution is 0.339. The summed E-state index contributed by atoms with van der Waals surface area (Å²) in [5.41, 5.74) is 1.04. The Kier molecular flexibility index (Phi) is 4.43. The Morgan fingerprint density at radius 3 is 2.73 bits per heavy atom. The molecule has 0 N–H and O–H groups in total. The predicted molar refractivity (Wildman–Crippen MR) is 64.0 cm³/mol. The Hall–Kier alpha value is -0.260. The van der Waals surface area contributed by atoms with E-state index in [1.807, 2.05) is 25.1 Å². The summed E-state index contributed by atoms with van der Waals surface area (Å²) in [6.07, 6.45) is 0. The van der Waals surface area contributed by atoms with Crippen LogP contribution in [0.4, 0.5) is 0 Å². The number of hydrogen-bond acceptors (Lipinski definition) is 3. The molecule has 0 aliphatic heterocycles. The number of ether oxygens (including phenoxy) is 1. The highest BCUT2D eigenvalue weighted by atomic mass is 79.9. The first-order valence-corrected chi connectivity index (χ1v) is 7.47. The van der Waals surface area contributed by atoms with Crippen LogP contribution in [0.2, 0.25) is 0 Å². The molecule has 0 fully saturated rings. The van der Waals surface area contributed by atoms with Gasteiger partial charge in [0.25, 0.3) is 0 Å². The van der Waals surface area contributed by atoms with Crippen molar-refractivity contribution in [3.63, 3.8) is 0 Å². The van der Waals surface area contributed by atoms with Crippen LogP contribution in [0.3, 0.4) is 0 Å². The molecule has 6 heteroatoms. The molecule has 0 unspecified atom stereocenters. The van der Waals surface area contributed by atoms with Crippen LogP contribution in [0.15, 0.2) is 22.7 Å². The van der Waals surface area contributed by atoms with Gasteiger partial charge in [0.05, 0.1) is 10.2 Å². The van der Waals surface area contributed by atoms with Crippen molar-refractivity contribution in [1.29, 1.82) is 0 Å². The molecule has 0 saturated heterocycles. The van der Waals surface area contributed by atoms with Crippen LogP contribution in [-0.2, 0) is 9.05 Å². The summed E-state index contributed by atoms with van der Waals surface area (Å²) in [7, 11) is 1.57. The van der Waals surface area contributed by atoms with E-state index in [0.29, 0.717) is 5.75 Å². The first kappa shape index (κ1) is 12.8. The molecule has 0 aliphatic rings. The van der Waals surface area contributed by atoms with E-state index < -0.39 is 9.05 Å². The zero-order valence-corrected chi connectivity index (χ0v) is 11.2. The van der Waals surface area contributed by atoms with Gasteiger partial charge >= 0.3 is 0 Å². The van der Waals surface area contributed by atoms with E-state index in [1.54, 1.807) is 0 Å². The monoisotopic (exact) mass is 312 g/mol. The lowest BCUT2D eigenvalue weighted by atomic mass is 10.2. The van der Waals surface area contributed by atoms with Crippen LogP contribution in [0.5, 0.6) is 5.75 Å². The van der Waals surface area contributed by atoms with Crippen LogP contribution in [0.1, 0.15) is 5.56 Å². The molecule has 3 nitrogen and oxygen atoms in total. The highest BCUT2D eigenvalue weighted by Crippen LogP contribution is 2.25. The van der Waals surface area contributed by atoms with Gasteiger partial charge in [-0.3, -0.25) is 0 Å². The third-order valence-corrected chi connectivity index (χ3v) is 3.44. The Morgan fingerprint density at radius 1 is 1.47 bits per heavy atom. The second-order valence-electron chi connectivity index (χ2n) is 3.03. The summed E-state index contributed by atoms with van der Waals surface area (Å²) in [6, 6.07) is 5.60. The van der Waals surface area contributed by atoms with Crippen LogP contribution >= 0.6 is 26.6 Å². The largest absolute Gasteiger partial charge is 0.491 e. The van der Waals surface area contributed by atoms with Gasteiger partial charge in [0.1, 0.15) is 12.4 Å². The van der Waals surface area contributed by atoms with E-state index in [4.69, 9.17) is 15.4 Å². The number of aryl methyl sites for hydroxylation is 1. The second kappa shape index (κ2) is 5.18. The molecule has 0 bridgehead atoms. The molecule has 0 aromatic heterocycles. The average molecular weight is 314 g/mol. The zero-order chi connectivity index (χ0) is 11.5. The molecule has 0 aliphatic carbocycles. The number of benzene rings is 1. The summed E-state index contributed by atoms with van der Waals surface area (Å²) >= 11 is 3.30. The number of halogens is 2. The topological polar surface area (TPSA) is 43.4 Å². The van der Waals surface area contributed by atoms with Gasteiger partial charge in [0, 0.05) is 10.7 Å². The van der Waals surface area contributed by atoms with Gasteiger partial charge in [-0.15, -0.1) is 0 Å². The van der Waals surface area contributed by atoms with Crippen molar-refractivity contribution in [2.75, 3.05) is 12.4 Å². The van der Waals surface area contributed by atoms with E-state index in [9.17, 15) is 8.42 Å². The summed E-state index contributed by atoms with van der Waals surface area (Å²) in [5.74, 6) is 0.421. The summed E-state index contributed by atoms with van der Waals surface area (Å²) in [5, 5.41) is 0. The Balaban J connectivity index is 2.61. The van der Waals surface area contributed by atoms with E-state index in [0.717, 1.165) is 10.0 Å². The molecule has 0 atom stereocenters. The number of rotatable bonds is 4. The van der Waals surface area contributed by atoms with Gasteiger partial charge in [-0.1, -0.05) is 6.07 Å². The Labute approximate surface area is 102 Å². The van der Waals surface area contributed by atoms with Gasteiger partial charge in [-0.25, -0.2) is 8.42 Å². The van der Waals surface area contributed by atoms with Gasteiger partial charge < -0.3 is 4.74 Å². The van der Waals surface area contributed by atoms with Gasteiger partial charge in [-0.05, 0) is 40.5 Å². The fraction of sp³-hybridized carbons (Fsp3) is 0.333. The molecule has 1 aromatic carbocycles.